The van der Waals surface area contributed by atoms with Crippen molar-refractivity contribution in [2.24, 2.45) is 0 Å². The van der Waals surface area contributed by atoms with Crippen molar-refractivity contribution in [3.8, 4) is 28.7 Å². The Kier molecular flexibility index (Phi) is 8.28. The molecule has 0 aromatic heterocycles. The minimum absolute atomic E-state index is 0.0179. The molecule has 2 amide bonds. The summed E-state index contributed by atoms with van der Waals surface area (Å²) in [4.78, 5) is 29.9. The summed E-state index contributed by atoms with van der Waals surface area (Å²) in [5.41, 5.74) is 0.952. The van der Waals surface area contributed by atoms with Crippen LogP contribution in [-0.2, 0) is 9.59 Å². The van der Waals surface area contributed by atoms with E-state index in [1.54, 1.807) is 48.5 Å². The molecule has 210 valence electrons. The summed E-state index contributed by atoms with van der Waals surface area (Å²) in [6.07, 6.45) is 3.98. The van der Waals surface area contributed by atoms with Gasteiger partial charge in [-0.3, -0.25) is 14.5 Å². The zero-order valence-corrected chi connectivity index (χ0v) is 22.7. The Labute approximate surface area is 233 Å². The van der Waals surface area contributed by atoms with Crippen molar-refractivity contribution in [2.45, 2.75) is 50.3 Å². The second kappa shape index (κ2) is 12.2. The van der Waals surface area contributed by atoms with Gasteiger partial charge in [0.2, 0.25) is 12.0 Å². The van der Waals surface area contributed by atoms with Crippen molar-refractivity contribution in [3.63, 3.8) is 0 Å². The standard InChI is InChI=1S/C31H34N2O7/c1-37-24-17-14-22(18-27(24)38-2)33(31(36)28-19-39-25-10-6-7-11-26(25)40-28)29(20-12-15-23(34)16-13-20)30(35)32-21-8-4-3-5-9-21/h6-7,10-18,21,28-29,34H,3-5,8-9,19H2,1-2H3,(H,32,35)/t28-,29+/m1/s1. The van der Waals surface area contributed by atoms with E-state index in [1.165, 1.54) is 31.3 Å². The van der Waals surface area contributed by atoms with Crippen LogP contribution >= 0.6 is 0 Å². The highest BCUT2D eigenvalue weighted by molar-refractivity contribution is 6.04. The van der Waals surface area contributed by atoms with Crippen LogP contribution in [0.1, 0.15) is 43.7 Å². The molecule has 0 radical (unpaired) electrons. The smallest absolute Gasteiger partial charge is 0.272 e. The number of nitrogens with zero attached hydrogens (tertiary/aromatic N) is 1. The van der Waals surface area contributed by atoms with E-state index in [0.29, 0.717) is 34.2 Å². The minimum atomic E-state index is -1.06. The fraction of sp³-hybridized carbons (Fsp3) is 0.355. The molecule has 9 nitrogen and oxygen atoms in total. The van der Waals surface area contributed by atoms with Crippen LogP contribution in [0, 0.1) is 0 Å². The first kappa shape index (κ1) is 27.2. The first-order valence-electron chi connectivity index (χ1n) is 13.5. The highest BCUT2D eigenvalue weighted by Gasteiger charge is 2.40. The van der Waals surface area contributed by atoms with Crippen LogP contribution in [0.25, 0.3) is 0 Å². The molecule has 2 aliphatic rings. The number of nitrogens with one attached hydrogen (secondary N) is 1. The first-order chi connectivity index (χ1) is 19.5. The number of ether oxygens (including phenoxy) is 4. The molecule has 1 aliphatic heterocycles. The molecule has 40 heavy (non-hydrogen) atoms. The second-order valence-electron chi connectivity index (χ2n) is 9.95. The first-order valence-corrected chi connectivity index (χ1v) is 13.5. The number of benzene rings is 3. The number of carbonyl (C=O) groups excluding carboxylic acids is 2. The van der Waals surface area contributed by atoms with E-state index in [1.807, 2.05) is 6.07 Å². The number of aromatic hydroxyl groups is 1. The highest BCUT2D eigenvalue weighted by atomic mass is 16.6. The van der Waals surface area contributed by atoms with Gasteiger partial charge in [-0.25, -0.2) is 0 Å². The highest BCUT2D eigenvalue weighted by Crippen LogP contribution is 2.38. The van der Waals surface area contributed by atoms with Gasteiger partial charge < -0.3 is 29.4 Å². The predicted octanol–water partition coefficient (Wildman–Crippen LogP) is 4.77. The van der Waals surface area contributed by atoms with Crippen molar-refractivity contribution in [2.75, 3.05) is 25.7 Å². The lowest BCUT2D eigenvalue weighted by Gasteiger charge is -2.36. The van der Waals surface area contributed by atoms with Crippen molar-refractivity contribution >= 4 is 17.5 Å². The fourth-order valence-corrected chi connectivity index (χ4v) is 5.28. The molecule has 2 N–H and O–H groups in total. The van der Waals surface area contributed by atoms with Gasteiger partial charge in [0.1, 0.15) is 18.4 Å². The molecule has 1 fully saturated rings. The van der Waals surface area contributed by atoms with Gasteiger partial charge in [0.25, 0.3) is 5.91 Å². The summed E-state index contributed by atoms with van der Waals surface area (Å²) < 4.78 is 22.9. The average molecular weight is 547 g/mol. The van der Waals surface area contributed by atoms with E-state index in [2.05, 4.69) is 5.32 Å². The number of phenols is 1. The van der Waals surface area contributed by atoms with Crippen LogP contribution in [-0.4, -0.2) is 49.9 Å². The number of para-hydroxylation sites is 2. The lowest BCUT2D eigenvalue weighted by atomic mass is 9.94. The maximum Gasteiger partial charge on any atom is 0.272 e. The Morgan fingerprint density at radius 1 is 0.925 bits per heavy atom. The third-order valence-electron chi connectivity index (χ3n) is 7.33. The normalized spacial score (nSPS) is 17.4. The van der Waals surface area contributed by atoms with Crippen LogP contribution in [0.5, 0.6) is 28.7 Å². The number of phenolic OH excluding ortho intramolecular Hbond substituents is 1. The van der Waals surface area contributed by atoms with Crippen molar-refractivity contribution in [1.29, 1.82) is 0 Å². The molecule has 1 aliphatic carbocycles. The molecule has 3 aromatic carbocycles. The zero-order valence-electron chi connectivity index (χ0n) is 22.7. The van der Waals surface area contributed by atoms with E-state index in [9.17, 15) is 14.7 Å². The van der Waals surface area contributed by atoms with E-state index in [-0.39, 0.29) is 24.3 Å². The van der Waals surface area contributed by atoms with E-state index in [4.69, 9.17) is 18.9 Å². The Balaban J connectivity index is 1.58. The van der Waals surface area contributed by atoms with Gasteiger partial charge in [-0.2, -0.15) is 0 Å². The maximum absolute atomic E-state index is 14.4. The summed E-state index contributed by atoms with van der Waals surface area (Å²) in [7, 11) is 3.04. The maximum atomic E-state index is 14.4. The summed E-state index contributed by atoms with van der Waals surface area (Å²) in [5, 5.41) is 13.2. The third-order valence-corrected chi connectivity index (χ3v) is 7.33. The quantitative estimate of drug-likeness (QED) is 0.419. The van der Waals surface area contributed by atoms with Gasteiger partial charge in [-0.1, -0.05) is 43.5 Å². The molecule has 0 spiro atoms. The van der Waals surface area contributed by atoms with Gasteiger partial charge in [0.15, 0.2) is 23.0 Å². The topological polar surface area (TPSA) is 107 Å². The largest absolute Gasteiger partial charge is 0.508 e. The number of amides is 2. The Bertz CT molecular complexity index is 1340. The van der Waals surface area contributed by atoms with Crippen LogP contribution in [0.4, 0.5) is 5.69 Å². The average Bonchev–Trinajstić information content (AvgIpc) is 3.00. The van der Waals surface area contributed by atoms with Crippen LogP contribution < -0.4 is 29.2 Å². The lowest BCUT2D eigenvalue weighted by Crippen LogP contribution is -2.52. The number of methoxy groups -OCH3 is 2. The predicted molar refractivity (Wildman–Crippen MR) is 149 cm³/mol. The molecular weight excluding hydrogens is 512 g/mol. The summed E-state index contributed by atoms with van der Waals surface area (Å²) in [6, 6.07) is 17.5. The number of anilines is 1. The minimum Gasteiger partial charge on any atom is -0.508 e. The molecule has 5 rings (SSSR count). The molecule has 0 unspecified atom stereocenters. The van der Waals surface area contributed by atoms with Gasteiger partial charge in [-0.15, -0.1) is 0 Å². The summed E-state index contributed by atoms with van der Waals surface area (Å²) >= 11 is 0. The van der Waals surface area contributed by atoms with Gasteiger partial charge >= 0.3 is 0 Å². The Morgan fingerprint density at radius 3 is 2.33 bits per heavy atom. The number of fused-ring (bicyclic) bond motifs is 1. The number of carbonyl (C=O) groups is 2. The molecule has 1 saturated carbocycles. The summed E-state index contributed by atoms with van der Waals surface area (Å²) in [5.74, 6) is 1.16. The molecule has 1 heterocycles. The molecule has 0 saturated heterocycles. The van der Waals surface area contributed by atoms with Crippen molar-refractivity contribution in [3.05, 3.63) is 72.3 Å². The van der Waals surface area contributed by atoms with E-state index in [0.717, 1.165) is 32.1 Å². The Hall–Kier alpha value is -4.40. The van der Waals surface area contributed by atoms with Gasteiger partial charge in [-0.05, 0) is 54.8 Å². The Morgan fingerprint density at radius 2 is 1.62 bits per heavy atom. The molecule has 3 aromatic rings. The second-order valence-corrected chi connectivity index (χ2v) is 9.95. The molecular formula is C31H34N2O7. The van der Waals surface area contributed by atoms with Crippen molar-refractivity contribution < 1.29 is 33.6 Å². The number of hydrogen-bond donors (Lipinski definition) is 2. The monoisotopic (exact) mass is 546 g/mol. The summed E-state index contributed by atoms with van der Waals surface area (Å²) in [6.45, 7) is -0.0216. The number of hydrogen-bond acceptors (Lipinski definition) is 7. The SMILES string of the molecule is COc1ccc(N(C(=O)[C@H]2COc3ccccc3O2)[C@H](C(=O)NC2CCCCC2)c2ccc(O)cc2)cc1OC. The van der Waals surface area contributed by atoms with E-state index < -0.39 is 18.1 Å². The molecule has 0 bridgehead atoms. The van der Waals surface area contributed by atoms with Gasteiger partial charge in [0.05, 0.1) is 14.2 Å². The fourth-order valence-electron chi connectivity index (χ4n) is 5.28. The van der Waals surface area contributed by atoms with Crippen LogP contribution in [0.15, 0.2) is 66.7 Å². The van der Waals surface area contributed by atoms with Gasteiger partial charge in [0, 0.05) is 17.8 Å². The lowest BCUT2D eigenvalue weighted by molar-refractivity contribution is -0.132. The molecule has 2 atom stereocenters. The van der Waals surface area contributed by atoms with Crippen molar-refractivity contribution in [1.82, 2.24) is 5.32 Å². The zero-order chi connectivity index (χ0) is 28.1. The third kappa shape index (κ3) is 5.78. The molecule has 9 heteroatoms. The van der Waals surface area contributed by atoms with Crippen LogP contribution in [0.2, 0.25) is 0 Å². The number of rotatable bonds is 8. The van der Waals surface area contributed by atoms with E-state index >= 15 is 0 Å². The van der Waals surface area contributed by atoms with Crippen LogP contribution in [0.3, 0.4) is 0 Å².